The maximum absolute atomic E-state index is 13.4. The first-order valence-corrected chi connectivity index (χ1v) is 14.0. The van der Waals surface area contributed by atoms with Crippen molar-refractivity contribution in [3.8, 4) is 11.5 Å². The molecule has 7 heteroatoms. The topological polar surface area (TPSA) is 92.3 Å². The molecule has 2 saturated carbocycles. The smallest absolute Gasteiger partial charge is 0.228 e. The first-order valence-electron chi connectivity index (χ1n) is 14.0. The van der Waals surface area contributed by atoms with Crippen molar-refractivity contribution in [1.82, 2.24) is 10.3 Å². The Bertz CT molecular complexity index is 1410. The van der Waals surface area contributed by atoms with Crippen molar-refractivity contribution in [2.45, 2.75) is 63.8 Å². The minimum absolute atomic E-state index is 0.0180. The van der Waals surface area contributed by atoms with E-state index in [4.69, 9.17) is 4.74 Å². The number of hydrogen-bond donors (Lipinski definition) is 3. The Morgan fingerprint density at radius 1 is 0.923 bits per heavy atom. The number of rotatable bonds is 9. The number of amides is 2. The molecule has 0 aliphatic heterocycles. The van der Waals surface area contributed by atoms with E-state index in [1.165, 1.54) is 29.5 Å². The first kappa shape index (κ1) is 25.6. The fourth-order valence-electron chi connectivity index (χ4n) is 5.41. The lowest BCUT2D eigenvalue weighted by Crippen LogP contribution is -2.28. The lowest BCUT2D eigenvalue weighted by Gasteiger charge is -2.25. The molecule has 3 aromatic rings. The fourth-order valence-corrected chi connectivity index (χ4v) is 5.41. The van der Waals surface area contributed by atoms with Gasteiger partial charge >= 0.3 is 0 Å². The Hall–Kier alpha value is -3.71. The summed E-state index contributed by atoms with van der Waals surface area (Å²) in [5, 5.41) is 9.33. The highest BCUT2D eigenvalue weighted by molar-refractivity contribution is 5.94. The summed E-state index contributed by atoms with van der Waals surface area (Å²) >= 11 is 0. The summed E-state index contributed by atoms with van der Waals surface area (Å²) in [6, 6.07) is 16.1. The first-order chi connectivity index (χ1) is 18.9. The summed E-state index contributed by atoms with van der Waals surface area (Å²) in [5.41, 5.74) is 6.04. The molecule has 3 N–H and O–H groups in total. The van der Waals surface area contributed by atoms with Crippen LogP contribution in [0.25, 0.3) is 0 Å². The zero-order valence-corrected chi connectivity index (χ0v) is 22.7. The van der Waals surface area contributed by atoms with Crippen molar-refractivity contribution < 1.29 is 14.3 Å². The molecule has 39 heavy (non-hydrogen) atoms. The van der Waals surface area contributed by atoms with E-state index in [2.05, 4.69) is 52.1 Å². The van der Waals surface area contributed by atoms with E-state index in [-0.39, 0.29) is 29.1 Å². The molecular weight excluding hydrogens is 488 g/mol. The van der Waals surface area contributed by atoms with Gasteiger partial charge in [-0.3, -0.25) is 9.59 Å². The van der Waals surface area contributed by atoms with Crippen molar-refractivity contribution in [3.63, 3.8) is 0 Å². The standard InChI is InChI=1S/C32H36N4O3/c1-32(10-11-32)25-13-20(19-33-2)14-26(17-25)35-31(38)23-6-3-21-7-8-27(16-24(21)15-23)39-28-9-12-34-29(18-28)36-30(37)22-4-5-22/h7-9,12-14,16-18,22-23,33H,3-6,10-11,15,19H2,1-2H3,(H,35,38)(H,34,36,37). The van der Waals surface area contributed by atoms with E-state index in [9.17, 15) is 9.59 Å². The van der Waals surface area contributed by atoms with Gasteiger partial charge in [0.25, 0.3) is 0 Å². The monoisotopic (exact) mass is 524 g/mol. The van der Waals surface area contributed by atoms with Crippen molar-refractivity contribution >= 4 is 23.3 Å². The second-order valence-corrected chi connectivity index (χ2v) is 11.6. The van der Waals surface area contributed by atoms with Gasteiger partial charge in [-0.25, -0.2) is 4.98 Å². The third-order valence-corrected chi connectivity index (χ3v) is 8.28. The van der Waals surface area contributed by atoms with E-state index >= 15 is 0 Å². The molecule has 1 unspecified atom stereocenters. The predicted octanol–water partition coefficient (Wildman–Crippen LogP) is 5.74. The SMILES string of the molecule is CNCc1cc(NC(=O)C2CCc3ccc(Oc4ccnc(NC(=O)C5CC5)c4)cc3C2)cc(C2(C)CC2)c1. The molecular formula is C32H36N4O3. The van der Waals surface area contributed by atoms with E-state index < -0.39 is 0 Å². The van der Waals surface area contributed by atoms with Gasteiger partial charge in [0.2, 0.25) is 11.8 Å². The molecule has 202 valence electrons. The number of pyridine rings is 1. The normalized spacial score (nSPS) is 19.1. The molecule has 1 aromatic heterocycles. The Morgan fingerprint density at radius 2 is 1.72 bits per heavy atom. The molecule has 6 rings (SSSR count). The molecule has 2 aromatic carbocycles. The Morgan fingerprint density at radius 3 is 2.49 bits per heavy atom. The van der Waals surface area contributed by atoms with Crippen LogP contribution in [0.1, 0.15) is 61.3 Å². The second kappa shape index (κ2) is 10.5. The van der Waals surface area contributed by atoms with Gasteiger partial charge in [0.05, 0.1) is 0 Å². The van der Waals surface area contributed by atoms with Crippen LogP contribution in [-0.2, 0) is 34.4 Å². The molecule has 2 fully saturated rings. The van der Waals surface area contributed by atoms with E-state index in [1.807, 2.05) is 19.2 Å². The largest absolute Gasteiger partial charge is 0.457 e. The van der Waals surface area contributed by atoms with Gasteiger partial charge in [-0.05, 0) is 110 Å². The molecule has 1 heterocycles. The molecule has 0 radical (unpaired) electrons. The maximum Gasteiger partial charge on any atom is 0.228 e. The predicted molar refractivity (Wildman–Crippen MR) is 152 cm³/mol. The average molecular weight is 525 g/mol. The highest BCUT2D eigenvalue weighted by Gasteiger charge is 2.39. The van der Waals surface area contributed by atoms with Crippen LogP contribution in [0, 0.1) is 11.8 Å². The average Bonchev–Trinajstić information content (AvgIpc) is 3.85. The Kier molecular flexibility index (Phi) is 6.85. The van der Waals surface area contributed by atoms with Crippen LogP contribution in [0.2, 0.25) is 0 Å². The number of carbonyl (C=O) groups is 2. The molecule has 7 nitrogen and oxygen atoms in total. The third kappa shape index (κ3) is 5.98. The van der Waals surface area contributed by atoms with Crippen LogP contribution < -0.4 is 20.7 Å². The number of nitrogens with zero attached hydrogens (tertiary/aromatic N) is 1. The van der Waals surface area contributed by atoms with Gasteiger partial charge in [0.1, 0.15) is 17.3 Å². The molecule has 3 aliphatic rings. The summed E-state index contributed by atoms with van der Waals surface area (Å²) in [4.78, 5) is 29.7. The number of carbonyl (C=O) groups excluding carboxylic acids is 2. The van der Waals surface area contributed by atoms with Gasteiger partial charge < -0.3 is 20.7 Å². The van der Waals surface area contributed by atoms with Crippen molar-refractivity contribution in [2.24, 2.45) is 11.8 Å². The van der Waals surface area contributed by atoms with Gasteiger partial charge in [0, 0.05) is 36.3 Å². The van der Waals surface area contributed by atoms with Crippen LogP contribution >= 0.6 is 0 Å². The zero-order chi connectivity index (χ0) is 27.0. The molecule has 3 aliphatic carbocycles. The third-order valence-electron chi connectivity index (χ3n) is 8.28. The summed E-state index contributed by atoms with van der Waals surface area (Å²) < 4.78 is 6.12. The molecule has 2 amide bonds. The van der Waals surface area contributed by atoms with Crippen LogP contribution in [0.15, 0.2) is 54.7 Å². The van der Waals surface area contributed by atoms with Crippen LogP contribution in [-0.4, -0.2) is 23.8 Å². The van der Waals surface area contributed by atoms with Crippen molar-refractivity contribution in [3.05, 3.63) is 77.0 Å². The van der Waals surface area contributed by atoms with E-state index in [0.29, 0.717) is 23.7 Å². The van der Waals surface area contributed by atoms with E-state index in [1.54, 1.807) is 18.3 Å². The van der Waals surface area contributed by atoms with Crippen LogP contribution in [0.5, 0.6) is 11.5 Å². The number of aromatic nitrogens is 1. The second-order valence-electron chi connectivity index (χ2n) is 11.6. The van der Waals surface area contributed by atoms with Gasteiger partial charge in [-0.2, -0.15) is 0 Å². The number of hydrogen-bond acceptors (Lipinski definition) is 5. The number of aryl methyl sites for hydroxylation is 1. The molecule has 0 saturated heterocycles. The molecule has 0 bridgehead atoms. The highest BCUT2D eigenvalue weighted by Crippen LogP contribution is 2.48. The number of ether oxygens (including phenoxy) is 1. The molecule has 0 spiro atoms. The lowest BCUT2D eigenvalue weighted by molar-refractivity contribution is -0.120. The Balaban J connectivity index is 1.13. The fraction of sp³-hybridized carbons (Fsp3) is 0.406. The highest BCUT2D eigenvalue weighted by atomic mass is 16.5. The number of fused-ring (bicyclic) bond motifs is 1. The summed E-state index contributed by atoms with van der Waals surface area (Å²) in [6.45, 7) is 3.07. The minimum Gasteiger partial charge on any atom is -0.457 e. The minimum atomic E-state index is -0.0918. The maximum atomic E-state index is 13.4. The van der Waals surface area contributed by atoms with Crippen LogP contribution in [0.3, 0.4) is 0 Å². The lowest BCUT2D eigenvalue weighted by atomic mass is 9.83. The van der Waals surface area contributed by atoms with Gasteiger partial charge in [0.15, 0.2) is 0 Å². The Labute approximate surface area is 229 Å². The van der Waals surface area contributed by atoms with E-state index in [0.717, 1.165) is 43.5 Å². The van der Waals surface area contributed by atoms with Crippen molar-refractivity contribution in [1.29, 1.82) is 0 Å². The summed E-state index contributed by atoms with van der Waals surface area (Å²) in [5.74, 6) is 1.94. The summed E-state index contributed by atoms with van der Waals surface area (Å²) in [7, 11) is 1.95. The number of benzene rings is 2. The number of anilines is 2. The number of nitrogens with one attached hydrogen (secondary N) is 3. The van der Waals surface area contributed by atoms with Gasteiger partial charge in [-0.15, -0.1) is 0 Å². The van der Waals surface area contributed by atoms with Gasteiger partial charge in [-0.1, -0.05) is 19.1 Å². The molecule has 1 atom stereocenters. The van der Waals surface area contributed by atoms with Crippen molar-refractivity contribution in [2.75, 3.05) is 17.7 Å². The quantitative estimate of drug-likeness (QED) is 0.332. The zero-order valence-electron chi connectivity index (χ0n) is 22.7. The summed E-state index contributed by atoms with van der Waals surface area (Å²) in [6.07, 6.45) is 8.29. The van der Waals surface area contributed by atoms with Crippen LogP contribution in [0.4, 0.5) is 11.5 Å².